The van der Waals surface area contributed by atoms with E-state index >= 15 is 0 Å². The van der Waals surface area contributed by atoms with Crippen LogP contribution in [0, 0.1) is 0 Å². The van der Waals surface area contributed by atoms with Crippen LogP contribution in [0.25, 0.3) is 10.9 Å². The number of fused-ring (bicyclic) bond motifs is 1. The molecule has 0 radical (unpaired) electrons. The first-order valence-electron chi connectivity index (χ1n) is 9.50. The molecule has 0 aliphatic carbocycles. The predicted octanol–water partition coefficient (Wildman–Crippen LogP) is 4.18. The lowest BCUT2D eigenvalue weighted by atomic mass is 10.1. The summed E-state index contributed by atoms with van der Waals surface area (Å²) >= 11 is 0. The van der Waals surface area contributed by atoms with E-state index in [1.165, 1.54) is 30.7 Å². The minimum Gasteiger partial charge on any atom is -0.369 e. The van der Waals surface area contributed by atoms with E-state index in [0.717, 1.165) is 18.9 Å². The normalized spacial score (nSPS) is 16.8. The van der Waals surface area contributed by atoms with Crippen LogP contribution in [0.3, 0.4) is 0 Å². The lowest BCUT2D eigenvalue weighted by Crippen LogP contribution is -2.27. The molecule has 1 saturated heterocycles. The van der Waals surface area contributed by atoms with E-state index in [-0.39, 0.29) is 17.0 Å². The molecule has 3 heterocycles. The zero-order valence-electron chi connectivity index (χ0n) is 16.1. The SMILES string of the molecule is CC1CCCN1c1ccc(NC(=O)c2c[nH]c3cnccc3c2=O)c(C(F)(F)F)c1. The van der Waals surface area contributed by atoms with Crippen molar-refractivity contribution in [3.63, 3.8) is 0 Å². The van der Waals surface area contributed by atoms with Gasteiger partial charge in [0.1, 0.15) is 5.56 Å². The quantitative estimate of drug-likeness (QED) is 0.671. The maximum absolute atomic E-state index is 13.7. The number of alkyl halides is 3. The third-order valence-corrected chi connectivity index (χ3v) is 5.37. The maximum Gasteiger partial charge on any atom is 0.418 e. The maximum atomic E-state index is 13.7. The minimum absolute atomic E-state index is 0.150. The number of anilines is 2. The summed E-state index contributed by atoms with van der Waals surface area (Å²) in [6, 6.07) is 5.44. The zero-order chi connectivity index (χ0) is 21.5. The predicted molar refractivity (Wildman–Crippen MR) is 108 cm³/mol. The fourth-order valence-corrected chi connectivity index (χ4v) is 3.80. The van der Waals surface area contributed by atoms with E-state index in [2.05, 4.69) is 15.3 Å². The highest BCUT2D eigenvalue weighted by atomic mass is 19.4. The number of aromatic nitrogens is 2. The van der Waals surface area contributed by atoms with Gasteiger partial charge in [-0.1, -0.05) is 0 Å². The molecule has 0 spiro atoms. The number of aromatic amines is 1. The van der Waals surface area contributed by atoms with Crippen molar-refractivity contribution in [1.82, 2.24) is 9.97 Å². The summed E-state index contributed by atoms with van der Waals surface area (Å²) in [7, 11) is 0. The monoisotopic (exact) mass is 416 g/mol. The molecule has 1 aliphatic heterocycles. The second kappa shape index (κ2) is 7.47. The van der Waals surface area contributed by atoms with Crippen molar-refractivity contribution in [3.05, 3.63) is 64.2 Å². The summed E-state index contributed by atoms with van der Waals surface area (Å²) in [5.41, 5.74) is -1.31. The Morgan fingerprint density at radius 1 is 1.30 bits per heavy atom. The van der Waals surface area contributed by atoms with Crippen molar-refractivity contribution in [1.29, 1.82) is 0 Å². The first-order chi connectivity index (χ1) is 14.3. The van der Waals surface area contributed by atoms with Gasteiger partial charge in [-0.25, -0.2) is 0 Å². The van der Waals surface area contributed by atoms with Gasteiger partial charge in [0, 0.05) is 36.1 Å². The topological polar surface area (TPSA) is 78.1 Å². The lowest BCUT2D eigenvalue weighted by molar-refractivity contribution is -0.136. The van der Waals surface area contributed by atoms with Crippen molar-refractivity contribution >= 4 is 28.2 Å². The highest BCUT2D eigenvalue weighted by molar-refractivity contribution is 6.06. The number of rotatable bonds is 3. The molecule has 156 valence electrons. The summed E-state index contributed by atoms with van der Waals surface area (Å²) in [5.74, 6) is -0.914. The molecule has 3 aromatic rings. The smallest absolute Gasteiger partial charge is 0.369 e. The number of hydrogen-bond acceptors (Lipinski definition) is 4. The Morgan fingerprint density at radius 2 is 2.10 bits per heavy atom. The average Bonchev–Trinajstić information content (AvgIpc) is 3.14. The Bertz CT molecular complexity index is 1170. The summed E-state index contributed by atoms with van der Waals surface area (Å²) < 4.78 is 41.1. The number of pyridine rings is 2. The summed E-state index contributed by atoms with van der Waals surface area (Å²) in [6.45, 7) is 2.66. The van der Waals surface area contributed by atoms with Crippen molar-refractivity contribution < 1.29 is 18.0 Å². The van der Waals surface area contributed by atoms with Crippen molar-refractivity contribution in [2.45, 2.75) is 32.0 Å². The number of H-pyrrole nitrogens is 1. The molecule has 0 saturated carbocycles. The summed E-state index contributed by atoms with van der Waals surface area (Å²) in [6.07, 6.45) is 1.18. The van der Waals surface area contributed by atoms with Crippen LogP contribution in [0.1, 0.15) is 35.7 Å². The van der Waals surface area contributed by atoms with E-state index in [0.29, 0.717) is 17.7 Å². The number of amides is 1. The van der Waals surface area contributed by atoms with Crippen LogP contribution in [0.15, 0.2) is 47.7 Å². The molecule has 1 atom stereocenters. The average molecular weight is 416 g/mol. The third kappa shape index (κ3) is 3.62. The molecule has 1 amide bonds. The summed E-state index contributed by atoms with van der Waals surface area (Å²) in [4.78, 5) is 33.8. The molecule has 4 rings (SSSR count). The first kappa shape index (κ1) is 19.9. The van der Waals surface area contributed by atoms with Crippen LogP contribution in [0.4, 0.5) is 24.5 Å². The Morgan fingerprint density at radius 3 is 2.80 bits per heavy atom. The van der Waals surface area contributed by atoms with E-state index in [9.17, 15) is 22.8 Å². The fourth-order valence-electron chi connectivity index (χ4n) is 3.80. The van der Waals surface area contributed by atoms with Crippen LogP contribution in [0.5, 0.6) is 0 Å². The van der Waals surface area contributed by atoms with Gasteiger partial charge in [0.2, 0.25) is 5.43 Å². The third-order valence-electron chi connectivity index (χ3n) is 5.37. The van der Waals surface area contributed by atoms with E-state index in [1.54, 1.807) is 6.07 Å². The van der Waals surface area contributed by atoms with Crippen molar-refractivity contribution in [3.8, 4) is 0 Å². The lowest BCUT2D eigenvalue weighted by Gasteiger charge is -2.25. The van der Waals surface area contributed by atoms with Gasteiger partial charge in [-0.15, -0.1) is 0 Å². The highest BCUT2D eigenvalue weighted by Crippen LogP contribution is 2.38. The van der Waals surface area contributed by atoms with E-state index in [4.69, 9.17) is 0 Å². The molecule has 6 nitrogen and oxygen atoms in total. The van der Waals surface area contributed by atoms with Crippen LogP contribution in [-0.4, -0.2) is 28.5 Å². The fraction of sp³-hybridized carbons (Fsp3) is 0.286. The number of halogens is 3. The number of hydrogen-bond donors (Lipinski definition) is 2. The van der Waals surface area contributed by atoms with Gasteiger partial charge in [0.25, 0.3) is 5.91 Å². The van der Waals surface area contributed by atoms with Gasteiger partial charge in [-0.2, -0.15) is 13.2 Å². The van der Waals surface area contributed by atoms with Crippen LogP contribution >= 0.6 is 0 Å². The van der Waals surface area contributed by atoms with Crippen molar-refractivity contribution in [2.75, 3.05) is 16.8 Å². The Kier molecular flexibility index (Phi) is 4.97. The van der Waals surface area contributed by atoms with Crippen molar-refractivity contribution in [2.24, 2.45) is 0 Å². The number of carbonyl (C=O) groups is 1. The largest absolute Gasteiger partial charge is 0.418 e. The highest BCUT2D eigenvalue weighted by Gasteiger charge is 2.35. The van der Waals surface area contributed by atoms with Crippen LogP contribution in [0.2, 0.25) is 0 Å². The molecule has 9 heteroatoms. The van der Waals surface area contributed by atoms with Gasteiger partial charge in [-0.05, 0) is 44.0 Å². The van der Waals surface area contributed by atoms with Crippen LogP contribution in [-0.2, 0) is 6.18 Å². The van der Waals surface area contributed by atoms with Gasteiger partial charge in [0.05, 0.1) is 23.0 Å². The Balaban J connectivity index is 1.69. The Hall–Kier alpha value is -3.36. The molecule has 2 aromatic heterocycles. The molecule has 0 bridgehead atoms. The molecular weight excluding hydrogens is 397 g/mol. The molecule has 2 N–H and O–H groups in total. The number of nitrogens with one attached hydrogen (secondary N) is 2. The van der Waals surface area contributed by atoms with Gasteiger partial charge in [-0.3, -0.25) is 14.6 Å². The van der Waals surface area contributed by atoms with E-state index in [1.807, 2.05) is 11.8 Å². The van der Waals surface area contributed by atoms with Gasteiger partial charge in [0.15, 0.2) is 0 Å². The Labute approximate surface area is 169 Å². The molecule has 30 heavy (non-hydrogen) atoms. The number of nitrogens with zero attached hydrogens (tertiary/aromatic N) is 2. The van der Waals surface area contributed by atoms with Crippen LogP contribution < -0.4 is 15.6 Å². The standard InChI is InChI=1S/C21H19F3N4O2/c1-12-3-2-8-28(12)13-4-5-17(16(9-13)21(22,23)24)27-20(30)15-10-26-18-11-25-7-6-14(18)19(15)29/h4-7,9-12H,2-3,8H2,1H3,(H,26,29)(H,27,30). The molecule has 1 aromatic carbocycles. The second-order valence-electron chi connectivity index (χ2n) is 7.32. The number of carbonyl (C=O) groups excluding carboxylic acids is 1. The summed E-state index contributed by atoms with van der Waals surface area (Å²) in [5, 5.41) is 2.48. The zero-order valence-corrected chi connectivity index (χ0v) is 16.1. The van der Waals surface area contributed by atoms with Gasteiger partial charge < -0.3 is 15.2 Å². The molecular formula is C21H19F3N4O2. The van der Waals surface area contributed by atoms with Gasteiger partial charge >= 0.3 is 6.18 Å². The van der Waals surface area contributed by atoms with E-state index < -0.39 is 28.8 Å². The first-order valence-corrected chi connectivity index (χ1v) is 9.50. The second-order valence-corrected chi connectivity index (χ2v) is 7.32. The number of benzene rings is 1. The molecule has 1 unspecified atom stereocenters. The minimum atomic E-state index is -4.66. The molecule has 1 fully saturated rings. The molecule has 1 aliphatic rings.